The highest BCUT2D eigenvalue weighted by molar-refractivity contribution is 5.96. The Hall–Kier alpha value is -2.35. The monoisotopic (exact) mass is 287 g/mol. The zero-order valence-corrected chi connectivity index (χ0v) is 13.0. The van der Waals surface area contributed by atoms with Crippen LogP contribution in [-0.4, -0.2) is 23.8 Å². The first kappa shape index (κ1) is 13.3. The molecule has 2 aromatic carbocycles. The third kappa shape index (κ3) is 2.25. The number of hydrogen-bond donors (Lipinski definition) is 0. The van der Waals surface area contributed by atoms with Crippen molar-refractivity contribution < 1.29 is 0 Å². The first-order chi connectivity index (χ1) is 10.7. The topological polar surface area (TPSA) is 15.6 Å². The molecule has 2 nitrogen and oxygen atoms in total. The van der Waals surface area contributed by atoms with E-state index >= 15 is 0 Å². The Kier molecular flexibility index (Phi) is 3.11. The molecule has 1 radical (unpaired) electrons. The number of hydrogen-bond acceptors (Lipinski definition) is 2. The average Bonchev–Trinajstić information content (AvgIpc) is 2.53. The number of aliphatic imine (C=N–C) groups is 1. The summed E-state index contributed by atoms with van der Waals surface area (Å²) in [6, 6.07) is 14.3. The fraction of sp³-hybridized carbons (Fsp3) is 0.250. The molecule has 0 aromatic heterocycles. The maximum absolute atomic E-state index is 4.78. The minimum absolute atomic E-state index is 0.395. The summed E-state index contributed by atoms with van der Waals surface area (Å²) in [6.45, 7) is 6.07. The number of aryl methyl sites for hydroxylation is 1. The molecule has 2 heteroatoms. The Morgan fingerprint density at radius 3 is 3.05 bits per heavy atom. The van der Waals surface area contributed by atoms with Crippen LogP contribution in [0.4, 0.5) is 0 Å². The van der Waals surface area contributed by atoms with E-state index in [4.69, 9.17) is 4.99 Å². The van der Waals surface area contributed by atoms with Crippen molar-refractivity contribution in [3.8, 4) is 0 Å². The van der Waals surface area contributed by atoms with E-state index in [-0.39, 0.29) is 0 Å². The molecular weight excluding hydrogens is 268 g/mol. The quantitative estimate of drug-likeness (QED) is 0.766. The lowest BCUT2D eigenvalue weighted by Crippen LogP contribution is -2.36. The predicted octanol–water partition coefficient (Wildman–Crippen LogP) is 4.22. The van der Waals surface area contributed by atoms with E-state index in [1.807, 2.05) is 6.07 Å². The van der Waals surface area contributed by atoms with Gasteiger partial charge >= 0.3 is 0 Å². The summed E-state index contributed by atoms with van der Waals surface area (Å²) in [5, 5.41) is 2.61. The summed E-state index contributed by atoms with van der Waals surface area (Å²) in [7, 11) is 0. The Labute approximate surface area is 131 Å². The summed E-state index contributed by atoms with van der Waals surface area (Å²) in [6.07, 6.45) is 6.46. The standard InChI is InChI=1S/C20H19N2/c1-14-6-7-19-16(10-14)4-3-5-18(19)17-12-21-20-11-15(2)8-9-22(20)13-17/h3-4,6-11,17H,12-13H2,1-2H3. The summed E-state index contributed by atoms with van der Waals surface area (Å²) < 4.78 is 0. The molecule has 0 amide bonds. The lowest BCUT2D eigenvalue weighted by molar-refractivity contribution is 0.462. The van der Waals surface area contributed by atoms with Crippen LogP contribution in [0.5, 0.6) is 0 Å². The van der Waals surface area contributed by atoms with Crippen molar-refractivity contribution in [2.75, 3.05) is 13.1 Å². The molecule has 0 fully saturated rings. The normalized spacial score (nSPS) is 20.6. The molecule has 0 spiro atoms. The largest absolute Gasteiger partial charge is 0.333 e. The maximum atomic E-state index is 4.78. The van der Waals surface area contributed by atoms with Crippen LogP contribution < -0.4 is 0 Å². The predicted molar refractivity (Wildman–Crippen MR) is 92.2 cm³/mol. The molecule has 4 rings (SSSR count). The Morgan fingerprint density at radius 1 is 1.23 bits per heavy atom. The zero-order chi connectivity index (χ0) is 15.1. The Balaban J connectivity index is 1.74. The fourth-order valence-electron chi connectivity index (χ4n) is 3.29. The second kappa shape index (κ2) is 5.13. The van der Waals surface area contributed by atoms with E-state index in [1.54, 1.807) is 0 Å². The van der Waals surface area contributed by atoms with Gasteiger partial charge in [0.25, 0.3) is 0 Å². The minimum Gasteiger partial charge on any atom is -0.333 e. The summed E-state index contributed by atoms with van der Waals surface area (Å²) >= 11 is 0. The van der Waals surface area contributed by atoms with Gasteiger partial charge in [0.2, 0.25) is 0 Å². The average molecular weight is 287 g/mol. The van der Waals surface area contributed by atoms with Crippen molar-refractivity contribution in [1.82, 2.24) is 4.90 Å². The Morgan fingerprint density at radius 2 is 2.14 bits per heavy atom. The van der Waals surface area contributed by atoms with Crippen LogP contribution in [-0.2, 0) is 0 Å². The lowest BCUT2D eigenvalue weighted by atomic mass is 9.91. The van der Waals surface area contributed by atoms with E-state index in [0.29, 0.717) is 5.92 Å². The number of amidine groups is 1. The molecule has 2 aliphatic rings. The first-order valence-electron chi connectivity index (χ1n) is 7.79. The number of nitrogens with zero attached hydrogens (tertiary/aromatic N) is 2. The number of allylic oxidation sites excluding steroid dienone is 2. The highest BCUT2D eigenvalue weighted by Gasteiger charge is 2.24. The third-order valence-electron chi connectivity index (χ3n) is 4.47. The molecule has 0 saturated heterocycles. The molecule has 1 atom stereocenters. The van der Waals surface area contributed by atoms with Gasteiger partial charge in [0, 0.05) is 25.2 Å². The van der Waals surface area contributed by atoms with Gasteiger partial charge in [-0.25, -0.2) is 0 Å². The van der Waals surface area contributed by atoms with Gasteiger partial charge in [-0.05, 0) is 54.0 Å². The molecule has 2 aromatic rings. The smallest absolute Gasteiger partial charge is 0.127 e. The van der Waals surface area contributed by atoms with E-state index in [0.717, 1.165) is 18.9 Å². The summed E-state index contributed by atoms with van der Waals surface area (Å²) in [4.78, 5) is 7.03. The van der Waals surface area contributed by atoms with Crippen LogP contribution in [0.2, 0.25) is 0 Å². The van der Waals surface area contributed by atoms with Gasteiger partial charge in [-0.2, -0.15) is 0 Å². The van der Waals surface area contributed by atoms with E-state index in [1.165, 1.54) is 27.5 Å². The second-order valence-electron chi connectivity index (χ2n) is 6.23. The van der Waals surface area contributed by atoms with Gasteiger partial charge in [-0.3, -0.25) is 4.99 Å². The van der Waals surface area contributed by atoms with E-state index in [2.05, 4.69) is 67.4 Å². The van der Waals surface area contributed by atoms with Gasteiger partial charge in [-0.15, -0.1) is 0 Å². The van der Waals surface area contributed by atoms with Crippen LogP contribution in [0.25, 0.3) is 10.8 Å². The van der Waals surface area contributed by atoms with Crippen LogP contribution in [0.3, 0.4) is 0 Å². The number of rotatable bonds is 1. The first-order valence-corrected chi connectivity index (χ1v) is 7.79. The molecule has 2 heterocycles. The third-order valence-corrected chi connectivity index (χ3v) is 4.47. The zero-order valence-electron chi connectivity index (χ0n) is 13.0. The molecule has 0 bridgehead atoms. The molecule has 0 saturated carbocycles. The van der Waals surface area contributed by atoms with Crippen molar-refractivity contribution in [1.29, 1.82) is 0 Å². The highest BCUT2D eigenvalue weighted by Crippen LogP contribution is 2.30. The van der Waals surface area contributed by atoms with E-state index < -0.39 is 0 Å². The molecule has 0 aliphatic carbocycles. The van der Waals surface area contributed by atoms with Crippen LogP contribution in [0.15, 0.2) is 59.2 Å². The SMILES string of the molecule is CC1=CC2=NCC(c3[c]ccc4cc(C)ccc34)CN2C=C1. The molecule has 22 heavy (non-hydrogen) atoms. The maximum Gasteiger partial charge on any atom is 0.127 e. The van der Waals surface area contributed by atoms with Crippen molar-refractivity contribution >= 4 is 16.6 Å². The van der Waals surface area contributed by atoms with Gasteiger partial charge in [0.15, 0.2) is 0 Å². The van der Waals surface area contributed by atoms with Gasteiger partial charge in [-0.1, -0.05) is 35.9 Å². The van der Waals surface area contributed by atoms with E-state index in [9.17, 15) is 0 Å². The number of fused-ring (bicyclic) bond motifs is 2. The van der Waals surface area contributed by atoms with Crippen molar-refractivity contribution in [2.24, 2.45) is 4.99 Å². The van der Waals surface area contributed by atoms with Gasteiger partial charge in [0.1, 0.15) is 5.84 Å². The van der Waals surface area contributed by atoms with Crippen molar-refractivity contribution in [2.45, 2.75) is 19.8 Å². The minimum atomic E-state index is 0.395. The lowest BCUT2D eigenvalue weighted by Gasteiger charge is -2.32. The second-order valence-corrected chi connectivity index (χ2v) is 6.23. The van der Waals surface area contributed by atoms with Gasteiger partial charge < -0.3 is 4.90 Å². The summed E-state index contributed by atoms with van der Waals surface area (Å²) in [5.74, 6) is 1.49. The molecule has 1 unspecified atom stereocenters. The van der Waals surface area contributed by atoms with Crippen LogP contribution >= 0.6 is 0 Å². The number of benzene rings is 2. The molecule has 2 aliphatic heterocycles. The fourth-order valence-corrected chi connectivity index (χ4v) is 3.29. The van der Waals surface area contributed by atoms with Crippen molar-refractivity contribution in [3.05, 3.63) is 71.5 Å². The van der Waals surface area contributed by atoms with Crippen LogP contribution in [0, 0.1) is 13.0 Å². The summed E-state index contributed by atoms with van der Waals surface area (Å²) in [5.41, 5.74) is 3.86. The Bertz CT molecular complexity index is 827. The van der Waals surface area contributed by atoms with Crippen molar-refractivity contribution in [3.63, 3.8) is 0 Å². The molecule has 0 N–H and O–H groups in total. The molecule has 109 valence electrons. The molecular formula is C20H19N2. The highest BCUT2D eigenvalue weighted by atomic mass is 15.2. The van der Waals surface area contributed by atoms with Gasteiger partial charge in [0.05, 0.1) is 0 Å². The van der Waals surface area contributed by atoms with Crippen LogP contribution in [0.1, 0.15) is 24.0 Å².